The number of thioether (sulfide) groups is 1. The molecule has 2 aromatic heterocycles. The second-order valence-corrected chi connectivity index (χ2v) is 10.0. The van der Waals surface area contributed by atoms with Gasteiger partial charge in [-0.15, -0.1) is 11.3 Å². The van der Waals surface area contributed by atoms with Crippen molar-refractivity contribution in [3.05, 3.63) is 20.8 Å². The van der Waals surface area contributed by atoms with Crippen molar-refractivity contribution in [1.82, 2.24) is 9.55 Å². The van der Waals surface area contributed by atoms with Crippen molar-refractivity contribution >= 4 is 33.3 Å². The maximum absolute atomic E-state index is 13.5. The van der Waals surface area contributed by atoms with Gasteiger partial charge in [-0.05, 0) is 38.0 Å². The normalized spacial score (nSPS) is 20.8. The zero-order valence-electron chi connectivity index (χ0n) is 15.3. The van der Waals surface area contributed by atoms with Gasteiger partial charge in [0, 0.05) is 17.3 Å². The highest BCUT2D eigenvalue weighted by atomic mass is 32.2. The van der Waals surface area contributed by atoms with Crippen molar-refractivity contribution in [1.29, 1.82) is 0 Å². The topological polar surface area (TPSA) is 44.1 Å². The molecule has 0 saturated heterocycles. The molecule has 0 bridgehead atoms. The summed E-state index contributed by atoms with van der Waals surface area (Å²) in [5, 5.41) is 1.77. The van der Waals surface area contributed by atoms with Crippen LogP contribution in [-0.2, 0) is 17.8 Å². The van der Waals surface area contributed by atoms with Crippen LogP contribution >= 0.6 is 23.1 Å². The molecule has 0 N–H and O–H groups in total. The fourth-order valence-corrected chi connectivity index (χ4v) is 6.01. The lowest BCUT2D eigenvalue weighted by Gasteiger charge is -2.30. The fraction of sp³-hybridized carbons (Fsp3) is 0.684. The molecule has 0 aromatic carbocycles. The Morgan fingerprint density at radius 3 is 2.80 bits per heavy atom. The number of ether oxygens (including phenoxy) is 1. The second-order valence-electron chi connectivity index (χ2n) is 7.70. The summed E-state index contributed by atoms with van der Waals surface area (Å²) in [6.07, 6.45) is 6.72. The highest BCUT2D eigenvalue weighted by molar-refractivity contribution is 7.99. The number of aromatic nitrogens is 2. The fourth-order valence-electron chi connectivity index (χ4n) is 4.08. The van der Waals surface area contributed by atoms with E-state index in [1.807, 2.05) is 4.57 Å². The molecular weight excluding hydrogens is 352 g/mol. The third kappa shape index (κ3) is 3.17. The van der Waals surface area contributed by atoms with Gasteiger partial charge < -0.3 is 4.74 Å². The van der Waals surface area contributed by atoms with E-state index < -0.39 is 0 Å². The molecule has 0 amide bonds. The molecule has 1 aliphatic carbocycles. The predicted octanol–water partition coefficient (Wildman–Crippen LogP) is 4.93. The van der Waals surface area contributed by atoms with Gasteiger partial charge in [-0.1, -0.05) is 37.9 Å². The second kappa shape index (κ2) is 6.71. The van der Waals surface area contributed by atoms with Crippen molar-refractivity contribution in [3.8, 4) is 0 Å². The maximum atomic E-state index is 13.5. The number of hydrogen-bond acceptors (Lipinski definition) is 5. The van der Waals surface area contributed by atoms with Crippen molar-refractivity contribution in [2.24, 2.45) is 0 Å². The van der Waals surface area contributed by atoms with E-state index in [1.54, 1.807) is 23.1 Å². The van der Waals surface area contributed by atoms with Crippen molar-refractivity contribution in [2.75, 3.05) is 5.75 Å². The van der Waals surface area contributed by atoms with Gasteiger partial charge in [0.05, 0.1) is 17.6 Å². The summed E-state index contributed by atoms with van der Waals surface area (Å²) in [6, 6.07) is 0.315. The first kappa shape index (κ1) is 17.6. The minimum atomic E-state index is -0.208. The Morgan fingerprint density at radius 2 is 2.08 bits per heavy atom. The van der Waals surface area contributed by atoms with Gasteiger partial charge in [0.15, 0.2) is 5.16 Å². The van der Waals surface area contributed by atoms with Gasteiger partial charge in [-0.25, -0.2) is 4.98 Å². The van der Waals surface area contributed by atoms with Crippen molar-refractivity contribution < 1.29 is 4.74 Å². The van der Waals surface area contributed by atoms with Crippen LogP contribution in [0.5, 0.6) is 0 Å². The minimum absolute atomic E-state index is 0.183. The molecule has 0 radical (unpaired) electrons. The number of hydrogen-bond donors (Lipinski definition) is 0. The summed E-state index contributed by atoms with van der Waals surface area (Å²) in [5.74, 6) is 0.936. The van der Waals surface area contributed by atoms with Gasteiger partial charge in [0.2, 0.25) is 0 Å². The quantitative estimate of drug-likeness (QED) is 0.561. The Bertz CT molecular complexity index is 847. The van der Waals surface area contributed by atoms with Gasteiger partial charge in [-0.3, -0.25) is 9.36 Å². The van der Waals surface area contributed by atoms with Crippen LogP contribution in [-0.4, -0.2) is 20.9 Å². The molecule has 3 heterocycles. The first-order chi connectivity index (χ1) is 12.0. The lowest BCUT2D eigenvalue weighted by atomic mass is 9.93. The van der Waals surface area contributed by atoms with Crippen LogP contribution < -0.4 is 5.56 Å². The summed E-state index contributed by atoms with van der Waals surface area (Å²) >= 11 is 3.34. The van der Waals surface area contributed by atoms with Crippen LogP contribution in [0.4, 0.5) is 0 Å². The smallest absolute Gasteiger partial charge is 0.263 e. The zero-order chi connectivity index (χ0) is 17.6. The average Bonchev–Trinajstić information content (AvgIpc) is 2.92. The standard InChI is InChI=1S/C19H26N2O2S2/c1-4-24-18-20-16-15(13-10-19(2,3)23-11-14(13)25-16)17(22)21(18)12-8-6-5-7-9-12/h12H,4-11H2,1-3H3. The summed E-state index contributed by atoms with van der Waals surface area (Å²) in [7, 11) is 0. The Kier molecular flexibility index (Phi) is 4.71. The Hall–Kier alpha value is -0.850. The Balaban J connectivity index is 1.92. The highest BCUT2D eigenvalue weighted by Gasteiger charge is 2.32. The minimum Gasteiger partial charge on any atom is -0.370 e. The van der Waals surface area contributed by atoms with Crippen LogP contribution in [0.1, 0.15) is 69.4 Å². The van der Waals surface area contributed by atoms with Crippen LogP contribution in [0.3, 0.4) is 0 Å². The molecule has 136 valence electrons. The molecule has 1 aliphatic heterocycles. The summed E-state index contributed by atoms with van der Waals surface area (Å²) in [5.41, 5.74) is 1.16. The van der Waals surface area contributed by atoms with Gasteiger partial charge in [-0.2, -0.15) is 0 Å². The van der Waals surface area contributed by atoms with E-state index in [4.69, 9.17) is 9.72 Å². The summed E-state index contributed by atoms with van der Waals surface area (Å²) in [4.78, 5) is 20.6. The number of rotatable bonds is 3. The predicted molar refractivity (Wildman–Crippen MR) is 105 cm³/mol. The van der Waals surface area contributed by atoms with Crippen LogP contribution in [0, 0.1) is 0 Å². The maximum Gasteiger partial charge on any atom is 0.263 e. The first-order valence-corrected chi connectivity index (χ1v) is 11.1. The number of thiophene rings is 1. The van der Waals surface area contributed by atoms with E-state index >= 15 is 0 Å². The molecule has 0 atom stereocenters. The number of nitrogens with zero attached hydrogens (tertiary/aromatic N) is 2. The lowest BCUT2D eigenvalue weighted by molar-refractivity contribution is -0.0379. The summed E-state index contributed by atoms with van der Waals surface area (Å²) < 4.78 is 7.99. The average molecular weight is 379 g/mol. The van der Waals surface area contributed by atoms with Gasteiger partial charge in [0.1, 0.15) is 4.83 Å². The number of fused-ring (bicyclic) bond motifs is 3. The molecule has 2 aromatic rings. The SMILES string of the molecule is CCSc1nc2sc3c(c2c(=O)n1C1CCCCC1)CC(C)(C)OC3. The molecule has 0 spiro atoms. The molecule has 4 nitrogen and oxygen atoms in total. The van der Waals surface area contributed by atoms with Crippen LogP contribution in [0.25, 0.3) is 10.2 Å². The van der Waals surface area contributed by atoms with Crippen LogP contribution in [0.2, 0.25) is 0 Å². The molecule has 25 heavy (non-hydrogen) atoms. The molecule has 6 heteroatoms. The van der Waals surface area contributed by atoms with Gasteiger partial charge in [0.25, 0.3) is 5.56 Å². The lowest BCUT2D eigenvalue weighted by Crippen LogP contribution is -2.33. The third-order valence-electron chi connectivity index (χ3n) is 5.32. The van der Waals surface area contributed by atoms with E-state index in [0.29, 0.717) is 12.6 Å². The van der Waals surface area contributed by atoms with Crippen molar-refractivity contribution in [3.63, 3.8) is 0 Å². The highest BCUT2D eigenvalue weighted by Crippen LogP contribution is 2.38. The molecule has 4 rings (SSSR count). The molecule has 1 saturated carbocycles. The molecule has 2 aliphatic rings. The molecular formula is C19H26N2O2S2. The molecule has 0 unspecified atom stereocenters. The van der Waals surface area contributed by atoms with Gasteiger partial charge >= 0.3 is 0 Å². The molecule has 1 fully saturated rings. The van der Waals surface area contributed by atoms with Crippen LogP contribution in [0.15, 0.2) is 9.95 Å². The van der Waals surface area contributed by atoms with E-state index in [-0.39, 0.29) is 11.2 Å². The monoisotopic (exact) mass is 378 g/mol. The Morgan fingerprint density at radius 1 is 1.32 bits per heavy atom. The zero-order valence-corrected chi connectivity index (χ0v) is 16.9. The van der Waals surface area contributed by atoms with E-state index in [9.17, 15) is 4.79 Å². The van der Waals surface area contributed by atoms with E-state index in [0.717, 1.165) is 40.4 Å². The third-order valence-corrected chi connectivity index (χ3v) is 7.25. The Labute approximate surface area is 157 Å². The van der Waals surface area contributed by atoms with E-state index in [2.05, 4.69) is 20.8 Å². The summed E-state index contributed by atoms with van der Waals surface area (Å²) in [6.45, 7) is 6.94. The first-order valence-electron chi connectivity index (χ1n) is 9.33. The van der Waals surface area contributed by atoms with Crippen molar-refractivity contribution in [2.45, 2.75) is 82.7 Å². The van der Waals surface area contributed by atoms with E-state index in [1.165, 1.54) is 29.7 Å². The largest absolute Gasteiger partial charge is 0.370 e.